The lowest BCUT2D eigenvalue weighted by Crippen LogP contribution is -2.16. The highest BCUT2D eigenvalue weighted by molar-refractivity contribution is 5.70. The average molecular weight is 262 g/mol. The van der Waals surface area contributed by atoms with E-state index in [-0.39, 0.29) is 38.0 Å². The highest BCUT2D eigenvalue weighted by atomic mass is 16.6. The summed E-state index contributed by atoms with van der Waals surface area (Å²) in [5, 5.41) is 0. The number of carbonyl (C=O) groups excluding carboxylic acids is 2. The van der Waals surface area contributed by atoms with Crippen LogP contribution in [-0.2, 0) is 28.5 Å². The lowest BCUT2D eigenvalue weighted by atomic mass is 10.4. The number of hydrogen-bond acceptors (Lipinski definition) is 6. The van der Waals surface area contributed by atoms with E-state index < -0.39 is 0 Å². The summed E-state index contributed by atoms with van der Waals surface area (Å²) >= 11 is 0. The Bertz CT molecular complexity index is 205. The Kier molecular flexibility index (Phi) is 11.5. The van der Waals surface area contributed by atoms with Crippen LogP contribution in [0.15, 0.2) is 0 Å². The first-order valence-corrected chi connectivity index (χ1v) is 6.17. The van der Waals surface area contributed by atoms with E-state index in [9.17, 15) is 9.59 Å². The fourth-order valence-corrected chi connectivity index (χ4v) is 1.06. The summed E-state index contributed by atoms with van der Waals surface area (Å²) in [5.74, 6) is -0.706. The minimum absolute atomic E-state index is 0.0747. The van der Waals surface area contributed by atoms with Gasteiger partial charge in [0.25, 0.3) is 0 Å². The van der Waals surface area contributed by atoms with Gasteiger partial charge in [-0.05, 0) is 13.8 Å². The van der Waals surface area contributed by atoms with E-state index >= 15 is 0 Å². The SMILES string of the molecule is CCOCCC(=O)OCCOC(=O)CCOCC. The Morgan fingerprint density at radius 2 is 1.11 bits per heavy atom. The van der Waals surface area contributed by atoms with Crippen molar-refractivity contribution in [3.05, 3.63) is 0 Å². The van der Waals surface area contributed by atoms with Crippen LogP contribution in [0.25, 0.3) is 0 Å². The van der Waals surface area contributed by atoms with E-state index in [4.69, 9.17) is 18.9 Å². The summed E-state index contributed by atoms with van der Waals surface area (Å²) < 4.78 is 19.7. The molecule has 0 radical (unpaired) electrons. The van der Waals surface area contributed by atoms with Crippen LogP contribution in [0.1, 0.15) is 26.7 Å². The zero-order valence-corrected chi connectivity index (χ0v) is 11.1. The average Bonchev–Trinajstić information content (AvgIpc) is 2.35. The Morgan fingerprint density at radius 1 is 0.722 bits per heavy atom. The molecule has 0 saturated carbocycles. The third kappa shape index (κ3) is 11.3. The van der Waals surface area contributed by atoms with Crippen LogP contribution in [0, 0.1) is 0 Å². The van der Waals surface area contributed by atoms with Crippen LogP contribution < -0.4 is 0 Å². The molecule has 0 aromatic heterocycles. The Morgan fingerprint density at radius 3 is 1.44 bits per heavy atom. The molecule has 0 aromatic carbocycles. The first-order valence-electron chi connectivity index (χ1n) is 6.17. The summed E-state index contributed by atoms with van der Waals surface area (Å²) in [4.78, 5) is 22.2. The van der Waals surface area contributed by atoms with Gasteiger partial charge in [-0.1, -0.05) is 0 Å². The van der Waals surface area contributed by atoms with Crippen LogP contribution in [0.2, 0.25) is 0 Å². The Balaban J connectivity index is 3.32. The van der Waals surface area contributed by atoms with Crippen molar-refractivity contribution < 1.29 is 28.5 Å². The molecule has 0 spiro atoms. The minimum Gasteiger partial charge on any atom is -0.462 e. The van der Waals surface area contributed by atoms with Crippen molar-refractivity contribution in [3.63, 3.8) is 0 Å². The summed E-state index contributed by atoms with van der Waals surface area (Å²) in [6, 6.07) is 0. The lowest BCUT2D eigenvalue weighted by molar-refractivity contribution is -0.153. The van der Waals surface area contributed by atoms with Gasteiger partial charge in [-0.25, -0.2) is 0 Å². The molecule has 106 valence electrons. The van der Waals surface area contributed by atoms with Gasteiger partial charge >= 0.3 is 11.9 Å². The van der Waals surface area contributed by atoms with E-state index in [0.717, 1.165) is 0 Å². The minimum atomic E-state index is -0.353. The Hall–Kier alpha value is -1.14. The van der Waals surface area contributed by atoms with Gasteiger partial charge < -0.3 is 18.9 Å². The fourth-order valence-electron chi connectivity index (χ4n) is 1.06. The monoisotopic (exact) mass is 262 g/mol. The normalized spacial score (nSPS) is 10.1. The van der Waals surface area contributed by atoms with Crippen molar-refractivity contribution in [1.29, 1.82) is 0 Å². The molecule has 0 unspecified atom stereocenters. The molecule has 0 aromatic rings. The third-order valence-corrected chi connectivity index (χ3v) is 1.92. The molecule has 0 atom stereocenters. The van der Waals surface area contributed by atoms with Crippen LogP contribution >= 0.6 is 0 Å². The molecule has 0 aliphatic rings. The van der Waals surface area contributed by atoms with Gasteiger partial charge in [-0.3, -0.25) is 9.59 Å². The fraction of sp³-hybridized carbons (Fsp3) is 0.833. The first kappa shape index (κ1) is 16.9. The number of rotatable bonds is 11. The molecule has 0 aliphatic carbocycles. The summed E-state index contributed by atoms with van der Waals surface area (Å²) in [6.45, 7) is 5.71. The number of hydrogen-bond donors (Lipinski definition) is 0. The van der Waals surface area contributed by atoms with Gasteiger partial charge in [0.15, 0.2) is 0 Å². The second-order valence-electron chi connectivity index (χ2n) is 3.33. The predicted octanol–water partition coefficient (Wildman–Crippen LogP) is 0.926. The van der Waals surface area contributed by atoms with Gasteiger partial charge in [0.2, 0.25) is 0 Å². The molecule has 6 heteroatoms. The summed E-state index contributed by atoms with van der Waals surface area (Å²) in [7, 11) is 0. The van der Waals surface area contributed by atoms with Crippen molar-refractivity contribution in [2.75, 3.05) is 39.6 Å². The Labute approximate surface area is 108 Å². The molecule has 0 amide bonds. The van der Waals surface area contributed by atoms with E-state index in [0.29, 0.717) is 26.4 Å². The van der Waals surface area contributed by atoms with E-state index in [1.165, 1.54) is 0 Å². The molecule has 0 bridgehead atoms. The largest absolute Gasteiger partial charge is 0.462 e. The molecule has 18 heavy (non-hydrogen) atoms. The molecular weight excluding hydrogens is 240 g/mol. The lowest BCUT2D eigenvalue weighted by Gasteiger charge is -2.06. The van der Waals surface area contributed by atoms with Crippen molar-refractivity contribution in [2.24, 2.45) is 0 Å². The molecule has 6 nitrogen and oxygen atoms in total. The van der Waals surface area contributed by atoms with Crippen molar-refractivity contribution >= 4 is 11.9 Å². The van der Waals surface area contributed by atoms with Crippen molar-refractivity contribution in [2.45, 2.75) is 26.7 Å². The molecule has 0 aliphatic heterocycles. The molecular formula is C12H22O6. The molecule has 0 fully saturated rings. The highest BCUT2D eigenvalue weighted by Gasteiger charge is 2.05. The van der Waals surface area contributed by atoms with Gasteiger partial charge in [0.05, 0.1) is 26.1 Å². The van der Waals surface area contributed by atoms with Gasteiger partial charge in [0.1, 0.15) is 13.2 Å². The number of esters is 2. The second kappa shape index (κ2) is 12.3. The molecule has 0 saturated heterocycles. The van der Waals surface area contributed by atoms with E-state index in [1.54, 1.807) is 0 Å². The van der Waals surface area contributed by atoms with E-state index in [1.807, 2.05) is 13.8 Å². The zero-order valence-electron chi connectivity index (χ0n) is 11.1. The maximum absolute atomic E-state index is 11.1. The summed E-state index contributed by atoms with van der Waals surface area (Å²) in [5.41, 5.74) is 0. The van der Waals surface area contributed by atoms with E-state index in [2.05, 4.69) is 0 Å². The standard InChI is InChI=1S/C12H22O6/c1-3-15-7-5-11(13)17-9-10-18-12(14)6-8-16-4-2/h3-10H2,1-2H3. The number of carbonyl (C=O) groups is 2. The molecule has 0 N–H and O–H groups in total. The van der Waals surface area contributed by atoms with Crippen LogP contribution in [0.3, 0.4) is 0 Å². The van der Waals surface area contributed by atoms with Gasteiger partial charge in [-0.2, -0.15) is 0 Å². The quantitative estimate of drug-likeness (QED) is 0.407. The topological polar surface area (TPSA) is 71.1 Å². The van der Waals surface area contributed by atoms with Gasteiger partial charge in [-0.15, -0.1) is 0 Å². The third-order valence-electron chi connectivity index (χ3n) is 1.92. The first-order chi connectivity index (χ1) is 8.70. The van der Waals surface area contributed by atoms with Crippen LogP contribution in [0.4, 0.5) is 0 Å². The second-order valence-corrected chi connectivity index (χ2v) is 3.33. The summed E-state index contributed by atoms with van der Waals surface area (Å²) in [6.07, 6.45) is 0.429. The van der Waals surface area contributed by atoms with Crippen molar-refractivity contribution in [3.8, 4) is 0 Å². The van der Waals surface area contributed by atoms with Crippen LogP contribution in [0.5, 0.6) is 0 Å². The van der Waals surface area contributed by atoms with Crippen LogP contribution in [-0.4, -0.2) is 51.6 Å². The molecule has 0 heterocycles. The van der Waals surface area contributed by atoms with Crippen molar-refractivity contribution in [1.82, 2.24) is 0 Å². The number of ether oxygens (including phenoxy) is 4. The zero-order chi connectivity index (χ0) is 13.6. The van der Waals surface area contributed by atoms with Gasteiger partial charge in [0, 0.05) is 13.2 Å². The maximum Gasteiger partial charge on any atom is 0.308 e. The highest BCUT2D eigenvalue weighted by Crippen LogP contribution is 1.91. The predicted molar refractivity (Wildman–Crippen MR) is 64.1 cm³/mol. The smallest absolute Gasteiger partial charge is 0.308 e. The maximum atomic E-state index is 11.1. The molecule has 0 rings (SSSR count).